The van der Waals surface area contributed by atoms with Crippen LogP contribution in [-0.4, -0.2) is 42.2 Å². The van der Waals surface area contributed by atoms with E-state index in [1.54, 1.807) is 13.0 Å². The van der Waals surface area contributed by atoms with E-state index in [9.17, 15) is 9.90 Å². The zero-order chi connectivity index (χ0) is 12.9. The van der Waals surface area contributed by atoms with E-state index < -0.39 is 30.4 Å². The molecule has 3 atom stereocenters. The zero-order valence-electron chi connectivity index (χ0n) is 11.0. The molecule has 0 spiro atoms. The Balaban J connectivity index is 4.73. The summed E-state index contributed by atoms with van der Waals surface area (Å²) in [5.41, 5.74) is 0. The van der Waals surface area contributed by atoms with Gasteiger partial charge in [0, 0.05) is 0 Å². The number of hydrogen-bond acceptors (Lipinski definition) is 3. The Bertz CT molecular complexity index is 243. The predicted molar refractivity (Wildman–Crippen MR) is 69.1 cm³/mol. The van der Waals surface area contributed by atoms with Gasteiger partial charge in [-0.2, -0.15) is 0 Å². The Hall–Kier alpha value is -0.0313. The van der Waals surface area contributed by atoms with Gasteiger partial charge in [-0.1, -0.05) is 0 Å². The fraction of sp³-hybridized carbons (Fsp3) is 0.750. The van der Waals surface area contributed by atoms with Gasteiger partial charge in [-0.05, 0) is 0 Å². The van der Waals surface area contributed by atoms with Crippen molar-refractivity contribution in [2.45, 2.75) is 38.7 Å². The number of carbonyl (C=O) groups excluding carboxylic acids is 1. The van der Waals surface area contributed by atoms with Crippen LogP contribution in [0.1, 0.15) is 13.8 Å². The Labute approximate surface area is 103 Å². The summed E-state index contributed by atoms with van der Waals surface area (Å²) in [7, 11) is 0. The molecule has 1 N–H and O–H groups in total. The summed E-state index contributed by atoms with van der Waals surface area (Å²) in [6, 6.07) is 0. The second kappa shape index (κ2) is 6.64. The quantitative estimate of drug-likeness (QED) is 0.461. The average molecular weight is 335 g/mol. The molecule has 0 aliphatic carbocycles. The van der Waals surface area contributed by atoms with Crippen LogP contribution in [0.4, 0.5) is 0 Å². The number of ether oxygens (including phenoxy) is 1. The van der Waals surface area contributed by atoms with Crippen LogP contribution in [0.2, 0.25) is 18.8 Å². The Kier molecular flexibility index (Phi) is 6.63. The molecule has 94 valence electrons. The summed E-state index contributed by atoms with van der Waals surface area (Å²) in [6.07, 6.45) is 0.894. The molecular formula is C12H24O3Sn. The Morgan fingerprint density at radius 3 is 2.25 bits per heavy atom. The first-order valence-corrected chi connectivity index (χ1v) is 15.9. The molecule has 4 heteroatoms. The molecule has 0 fully saturated rings. The summed E-state index contributed by atoms with van der Waals surface area (Å²) in [4.78, 5) is 18.6. The van der Waals surface area contributed by atoms with Gasteiger partial charge < -0.3 is 0 Å². The first-order valence-electron chi connectivity index (χ1n) is 5.67. The zero-order valence-corrected chi connectivity index (χ0v) is 13.8. The number of esters is 1. The van der Waals surface area contributed by atoms with E-state index in [-0.39, 0.29) is 16.5 Å². The molecule has 0 amide bonds. The van der Waals surface area contributed by atoms with Crippen molar-refractivity contribution in [3.8, 4) is 0 Å². The molecule has 0 saturated carbocycles. The maximum absolute atomic E-state index is 11.8. The van der Waals surface area contributed by atoms with Crippen molar-refractivity contribution in [1.82, 2.24) is 0 Å². The van der Waals surface area contributed by atoms with Crippen LogP contribution in [0.15, 0.2) is 12.7 Å². The Morgan fingerprint density at radius 1 is 1.44 bits per heavy atom. The SMILES string of the molecule is C=CCOC(=O)[C@@H]([C@@H](C)[Sn]([CH3])([CH3])[CH3])[C@@H](C)O. The van der Waals surface area contributed by atoms with E-state index in [4.69, 9.17) is 4.74 Å². The van der Waals surface area contributed by atoms with Gasteiger partial charge in [0.25, 0.3) is 0 Å². The molecule has 0 aliphatic rings. The van der Waals surface area contributed by atoms with E-state index in [0.29, 0.717) is 0 Å². The van der Waals surface area contributed by atoms with Crippen molar-refractivity contribution < 1.29 is 14.6 Å². The number of carbonyl (C=O) groups is 1. The molecule has 0 aromatic heterocycles. The third kappa shape index (κ3) is 4.87. The summed E-state index contributed by atoms with van der Waals surface area (Å²) in [5, 5.41) is 9.72. The number of aliphatic hydroxyl groups is 1. The van der Waals surface area contributed by atoms with Crippen molar-refractivity contribution in [3.63, 3.8) is 0 Å². The fourth-order valence-electron chi connectivity index (χ4n) is 1.59. The fourth-order valence-corrected chi connectivity index (χ4v) is 5.85. The van der Waals surface area contributed by atoms with Crippen molar-refractivity contribution in [2.24, 2.45) is 5.92 Å². The Morgan fingerprint density at radius 2 is 1.94 bits per heavy atom. The minimum atomic E-state index is -2.21. The molecule has 0 saturated heterocycles. The summed E-state index contributed by atoms with van der Waals surface area (Å²) in [5.74, 6) is -0.690. The number of rotatable bonds is 6. The van der Waals surface area contributed by atoms with Crippen LogP contribution in [0.5, 0.6) is 0 Å². The average Bonchev–Trinajstić information content (AvgIpc) is 2.12. The molecule has 0 rings (SSSR count). The van der Waals surface area contributed by atoms with E-state index in [0.717, 1.165) is 0 Å². The van der Waals surface area contributed by atoms with Crippen LogP contribution in [0, 0.1) is 5.92 Å². The molecule has 16 heavy (non-hydrogen) atoms. The summed E-state index contributed by atoms with van der Waals surface area (Å²) in [6.45, 7) is 7.44. The second-order valence-corrected chi connectivity index (χ2v) is 21.4. The van der Waals surface area contributed by atoms with Gasteiger partial charge in [-0.15, -0.1) is 0 Å². The molecule has 0 bridgehead atoms. The molecular weight excluding hydrogens is 311 g/mol. The van der Waals surface area contributed by atoms with Crippen LogP contribution in [0.25, 0.3) is 0 Å². The van der Waals surface area contributed by atoms with Gasteiger partial charge in [0.2, 0.25) is 0 Å². The maximum atomic E-state index is 11.8. The van der Waals surface area contributed by atoms with E-state index in [1.807, 2.05) is 0 Å². The predicted octanol–water partition coefficient (Wildman–Crippen LogP) is 2.44. The number of hydrogen-bond donors (Lipinski definition) is 1. The van der Waals surface area contributed by atoms with E-state index >= 15 is 0 Å². The van der Waals surface area contributed by atoms with E-state index in [2.05, 4.69) is 28.3 Å². The van der Waals surface area contributed by atoms with Gasteiger partial charge in [0.1, 0.15) is 0 Å². The monoisotopic (exact) mass is 336 g/mol. The molecule has 0 radical (unpaired) electrons. The van der Waals surface area contributed by atoms with Crippen LogP contribution < -0.4 is 0 Å². The number of aliphatic hydroxyl groups excluding tert-OH is 1. The topological polar surface area (TPSA) is 46.5 Å². The third-order valence-electron chi connectivity index (χ3n) is 3.04. The van der Waals surface area contributed by atoms with Crippen molar-refractivity contribution >= 4 is 24.3 Å². The van der Waals surface area contributed by atoms with Gasteiger partial charge in [-0.25, -0.2) is 0 Å². The normalized spacial score (nSPS) is 17.4. The van der Waals surface area contributed by atoms with E-state index in [1.165, 1.54) is 0 Å². The molecule has 0 heterocycles. The third-order valence-corrected chi connectivity index (χ3v) is 11.9. The van der Waals surface area contributed by atoms with Gasteiger partial charge in [0.05, 0.1) is 0 Å². The standard InChI is InChI=1S/C9H15O3.3CH3.Sn/c1-4-6-12-9(11)8(5-2)7(3)10;;;;/h4-5,7-8,10H,1,6H2,2-3H3;3*1H3;/t7-,8+;;;;/m1..../s1. The summed E-state index contributed by atoms with van der Waals surface area (Å²) < 4.78 is 5.30. The minimum absolute atomic E-state index is 0.217. The van der Waals surface area contributed by atoms with Gasteiger partial charge >= 0.3 is 103 Å². The first kappa shape index (κ1) is 16.0. The van der Waals surface area contributed by atoms with Crippen LogP contribution in [-0.2, 0) is 9.53 Å². The molecule has 0 aliphatic heterocycles. The van der Waals surface area contributed by atoms with Crippen molar-refractivity contribution in [3.05, 3.63) is 12.7 Å². The second-order valence-electron chi connectivity index (χ2n) is 5.34. The van der Waals surface area contributed by atoms with Crippen LogP contribution in [0.3, 0.4) is 0 Å². The molecule has 0 unspecified atom stereocenters. The molecule has 3 nitrogen and oxygen atoms in total. The van der Waals surface area contributed by atoms with Gasteiger partial charge in [-0.3, -0.25) is 0 Å². The molecule has 0 aromatic rings. The first-order chi connectivity index (χ1) is 7.21. The molecule has 0 aromatic carbocycles. The van der Waals surface area contributed by atoms with Gasteiger partial charge in [0.15, 0.2) is 0 Å². The van der Waals surface area contributed by atoms with Crippen LogP contribution >= 0.6 is 0 Å². The van der Waals surface area contributed by atoms with Crippen molar-refractivity contribution in [1.29, 1.82) is 0 Å². The summed E-state index contributed by atoms with van der Waals surface area (Å²) >= 11 is -2.21. The van der Waals surface area contributed by atoms with Crippen molar-refractivity contribution in [2.75, 3.05) is 6.61 Å².